The van der Waals surface area contributed by atoms with Crippen LogP contribution < -0.4 is 0 Å². The Labute approximate surface area is 104 Å². The molecule has 3 heteroatoms. The van der Waals surface area contributed by atoms with E-state index in [1.807, 2.05) is 6.92 Å². The molecule has 2 aliphatic carbocycles. The Balaban J connectivity index is 1.67. The van der Waals surface area contributed by atoms with Crippen molar-refractivity contribution in [1.29, 1.82) is 0 Å². The molecule has 0 heterocycles. The van der Waals surface area contributed by atoms with Crippen LogP contribution in [0.4, 0.5) is 0 Å². The molecule has 17 heavy (non-hydrogen) atoms. The summed E-state index contributed by atoms with van der Waals surface area (Å²) >= 11 is 0. The molecule has 0 amide bonds. The van der Waals surface area contributed by atoms with Gasteiger partial charge in [0.15, 0.2) is 6.79 Å². The number of esters is 1. The van der Waals surface area contributed by atoms with Gasteiger partial charge < -0.3 is 9.47 Å². The van der Waals surface area contributed by atoms with E-state index in [2.05, 4.69) is 13.8 Å². The number of hydrogen-bond donors (Lipinski definition) is 0. The molecule has 2 fully saturated rings. The van der Waals surface area contributed by atoms with E-state index in [1.165, 1.54) is 19.3 Å². The Morgan fingerprint density at radius 1 is 1.18 bits per heavy atom. The van der Waals surface area contributed by atoms with Gasteiger partial charge in [-0.25, -0.2) is 0 Å². The molecule has 0 aromatic rings. The van der Waals surface area contributed by atoms with E-state index in [0.717, 1.165) is 19.3 Å². The predicted molar refractivity (Wildman–Crippen MR) is 65.4 cm³/mol. The molecule has 0 spiro atoms. The molecular formula is C14H24O3. The van der Waals surface area contributed by atoms with Gasteiger partial charge in [-0.05, 0) is 31.6 Å². The third kappa shape index (κ3) is 2.65. The predicted octanol–water partition coefficient (Wildman–Crippen LogP) is 3.27. The van der Waals surface area contributed by atoms with E-state index in [1.54, 1.807) is 0 Å². The van der Waals surface area contributed by atoms with Crippen molar-refractivity contribution in [3.63, 3.8) is 0 Å². The van der Waals surface area contributed by atoms with Crippen molar-refractivity contribution in [2.24, 2.45) is 10.8 Å². The van der Waals surface area contributed by atoms with Crippen LogP contribution in [0.25, 0.3) is 0 Å². The molecule has 2 saturated carbocycles. The Hall–Kier alpha value is -0.570. The van der Waals surface area contributed by atoms with E-state index in [4.69, 9.17) is 9.47 Å². The molecule has 1 unspecified atom stereocenters. The third-order valence-electron chi connectivity index (χ3n) is 4.66. The lowest BCUT2D eigenvalue weighted by Crippen LogP contribution is -2.24. The molecule has 1 atom stereocenters. The van der Waals surface area contributed by atoms with E-state index >= 15 is 0 Å². The zero-order valence-electron chi connectivity index (χ0n) is 11.3. The van der Waals surface area contributed by atoms with E-state index in [9.17, 15) is 4.79 Å². The zero-order valence-corrected chi connectivity index (χ0v) is 11.3. The highest BCUT2D eigenvalue weighted by Crippen LogP contribution is 2.63. The lowest BCUT2D eigenvalue weighted by molar-refractivity contribution is -0.169. The van der Waals surface area contributed by atoms with Crippen LogP contribution in [0.3, 0.4) is 0 Å². The van der Waals surface area contributed by atoms with Gasteiger partial charge >= 0.3 is 5.97 Å². The summed E-state index contributed by atoms with van der Waals surface area (Å²) in [6, 6.07) is 0. The molecule has 2 rings (SSSR count). The van der Waals surface area contributed by atoms with Crippen LogP contribution in [0.5, 0.6) is 0 Å². The van der Waals surface area contributed by atoms with Gasteiger partial charge in [0, 0.05) is 0 Å². The highest BCUT2D eigenvalue weighted by Gasteiger charge is 2.63. The van der Waals surface area contributed by atoms with Crippen molar-refractivity contribution in [2.45, 2.75) is 65.4 Å². The summed E-state index contributed by atoms with van der Waals surface area (Å²) in [5, 5.41) is 0. The summed E-state index contributed by atoms with van der Waals surface area (Å²) in [5.41, 5.74) is -0.197. The first-order valence-corrected chi connectivity index (χ1v) is 6.74. The van der Waals surface area contributed by atoms with Crippen LogP contribution in [0, 0.1) is 10.8 Å². The summed E-state index contributed by atoms with van der Waals surface area (Å²) in [6.07, 6.45) is 7.23. The Kier molecular flexibility index (Phi) is 3.48. The molecule has 0 aliphatic heterocycles. The topological polar surface area (TPSA) is 35.5 Å². The second-order valence-corrected chi connectivity index (χ2v) is 6.37. The van der Waals surface area contributed by atoms with E-state index in [-0.39, 0.29) is 23.6 Å². The van der Waals surface area contributed by atoms with Gasteiger partial charge in [0.05, 0.1) is 11.5 Å². The molecule has 0 aromatic carbocycles. The van der Waals surface area contributed by atoms with Crippen molar-refractivity contribution in [3.05, 3.63) is 0 Å². The molecule has 0 radical (unpaired) electrons. The van der Waals surface area contributed by atoms with Crippen molar-refractivity contribution in [3.8, 4) is 0 Å². The molecule has 3 nitrogen and oxygen atoms in total. The quantitative estimate of drug-likeness (QED) is 0.559. The standard InChI is InChI=1S/C14H24O3/c1-13(2)9-14(13,3)12(15)17-10-16-11-7-5-4-6-8-11/h11H,4-10H2,1-3H3. The normalized spacial score (nSPS) is 32.2. The Bertz CT molecular complexity index is 292. The van der Waals surface area contributed by atoms with Crippen LogP contribution in [0.2, 0.25) is 0 Å². The molecule has 0 bridgehead atoms. The SMILES string of the molecule is CC1(C)CC1(C)C(=O)OCOC1CCCCC1. The molecule has 2 aliphatic rings. The first-order valence-electron chi connectivity index (χ1n) is 6.74. The Morgan fingerprint density at radius 3 is 2.29 bits per heavy atom. The maximum absolute atomic E-state index is 11.9. The first kappa shape index (κ1) is 12.9. The van der Waals surface area contributed by atoms with Gasteiger partial charge in [0.25, 0.3) is 0 Å². The minimum absolute atomic E-state index is 0.0922. The van der Waals surface area contributed by atoms with Gasteiger partial charge in [0.2, 0.25) is 0 Å². The van der Waals surface area contributed by atoms with Crippen molar-refractivity contribution in [1.82, 2.24) is 0 Å². The number of carbonyl (C=O) groups is 1. The van der Waals surface area contributed by atoms with Crippen LogP contribution in [-0.2, 0) is 14.3 Å². The summed E-state index contributed by atoms with van der Waals surface area (Å²) in [4.78, 5) is 11.9. The first-order chi connectivity index (χ1) is 7.96. The average Bonchev–Trinajstić information content (AvgIpc) is 2.81. The maximum Gasteiger partial charge on any atom is 0.314 e. The van der Waals surface area contributed by atoms with E-state index < -0.39 is 0 Å². The molecule has 98 valence electrons. The molecule has 0 saturated heterocycles. The lowest BCUT2D eigenvalue weighted by Gasteiger charge is -2.22. The summed E-state index contributed by atoms with van der Waals surface area (Å²) in [7, 11) is 0. The highest BCUT2D eigenvalue weighted by atomic mass is 16.7. The maximum atomic E-state index is 11.9. The van der Waals surface area contributed by atoms with Crippen LogP contribution in [-0.4, -0.2) is 18.9 Å². The zero-order chi connectivity index (χ0) is 12.5. The largest absolute Gasteiger partial charge is 0.438 e. The molecule has 0 N–H and O–H groups in total. The fourth-order valence-electron chi connectivity index (χ4n) is 2.76. The number of hydrogen-bond acceptors (Lipinski definition) is 3. The highest BCUT2D eigenvalue weighted by molar-refractivity contribution is 5.81. The number of rotatable bonds is 4. The van der Waals surface area contributed by atoms with Gasteiger partial charge in [-0.15, -0.1) is 0 Å². The summed E-state index contributed by atoms with van der Waals surface area (Å²) in [6.45, 7) is 6.33. The van der Waals surface area contributed by atoms with Crippen molar-refractivity contribution < 1.29 is 14.3 Å². The van der Waals surface area contributed by atoms with Crippen molar-refractivity contribution >= 4 is 5.97 Å². The molecule has 0 aromatic heterocycles. The monoisotopic (exact) mass is 240 g/mol. The van der Waals surface area contributed by atoms with Gasteiger partial charge in [-0.2, -0.15) is 0 Å². The molecular weight excluding hydrogens is 216 g/mol. The number of carbonyl (C=O) groups excluding carboxylic acids is 1. The van der Waals surface area contributed by atoms with Crippen LogP contribution >= 0.6 is 0 Å². The second-order valence-electron chi connectivity index (χ2n) is 6.37. The minimum Gasteiger partial charge on any atom is -0.438 e. The number of ether oxygens (including phenoxy) is 2. The second kappa shape index (κ2) is 4.60. The van der Waals surface area contributed by atoms with Crippen LogP contribution in [0.15, 0.2) is 0 Å². The summed E-state index contributed by atoms with van der Waals surface area (Å²) in [5.74, 6) is -0.0988. The Morgan fingerprint density at radius 2 is 1.76 bits per heavy atom. The fourth-order valence-corrected chi connectivity index (χ4v) is 2.76. The third-order valence-corrected chi connectivity index (χ3v) is 4.66. The van der Waals surface area contributed by atoms with Crippen molar-refractivity contribution in [2.75, 3.05) is 6.79 Å². The van der Waals surface area contributed by atoms with E-state index in [0.29, 0.717) is 6.10 Å². The van der Waals surface area contributed by atoms with Gasteiger partial charge in [0.1, 0.15) is 0 Å². The lowest BCUT2D eigenvalue weighted by atomic mass is 9.98. The average molecular weight is 240 g/mol. The smallest absolute Gasteiger partial charge is 0.314 e. The fraction of sp³-hybridized carbons (Fsp3) is 0.929. The van der Waals surface area contributed by atoms with Gasteiger partial charge in [-0.1, -0.05) is 33.1 Å². The summed E-state index contributed by atoms with van der Waals surface area (Å²) < 4.78 is 10.8. The van der Waals surface area contributed by atoms with Gasteiger partial charge in [-0.3, -0.25) is 4.79 Å². The van der Waals surface area contributed by atoms with Crippen LogP contribution in [0.1, 0.15) is 59.3 Å². The minimum atomic E-state index is -0.289.